The predicted molar refractivity (Wildman–Crippen MR) is 55.0 cm³/mol. The van der Waals surface area contributed by atoms with Crippen molar-refractivity contribution in [1.82, 2.24) is 15.0 Å². The Bertz CT molecular complexity index is 453. The van der Waals surface area contributed by atoms with Gasteiger partial charge in [-0.2, -0.15) is 4.98 Å². The number of nitrogens with zero attached hydrogens (tertiary/aromatic N) is 3. The van der Waals surface area contributed by atoms with Gasteiger partial charge < -0.3 is 15.5 Å². The van der Waals surface area contributed by atoms with E-state index < -0.39 is 0 Å². The summed E-state index contributed by atoms with van der Waals surface area (Å²) in [6, 6.07) is 1.63. The van der Waals surface area contributed by atoms with E-state index in [-0.39, 0.29) is 0 Å². The first-order valence-corrected chi connectivity index (χ1v) is 4.48. The van der Waals surface area contributed by atoms with Gasteiger partial charge in [-0.1, -0.05) is 0 Å². The largest absolute Gasteiger partial charge is 0.444 e. The third kappa shape index (κ3) is 2.43. The van der Waals surface area contributed by atoms with Crippen LogP contribution in [0.25, 0.3) is 0 Å². The standard InChI is InChI=1S/C9H11N5O/c1-6-4-12-8(15-6)5-13-9-11-3-2-7(10)14-9/h2-4H,5H2,1H3,(H3,10,11,13,14). The molecule has 2 rings (SSSR count). The molecular weight excluding hydrogens is 194 g/mol. The molecule has 15 heavy (non-hydrogen) atoms. The molecule has 0 amide bonds. The molecule has 0 saturated heterocycles. The summed E-state index contributed by atoms with van der Waals surface area (Å²) in [7, 11) is 0. The van der Waals surface area contributed by atoms with Crippen molar-refractivity contribution in [2.45, 2.75) is 13.5 Å². The zero-order valence-electron chi connectivity index (χ0n) is 8.27. The summed E-state index contributed by atoms with van der Waals surface area (Å²) < 4.78 is 5.28. The highest BCUT2D eigenvalue weighted by molar-refractivity contribution is 5.34. The van der Waals surface area contributed by atoms with Crippen molar-refractivity contribution in [3.63, 3.8) is 0 Å². The van der Waals surface area contributed by atoms with E-state index in [1.165, 1.54) is 0 Å². The van der Waals surface area contributed by atoms with Crippen molar-refractivity contribution in [1.29, 1.82) is 0 Å². The van der Waals surface area contributed by atoms with E-state index in [4.69, 9.17) is 10.2 Å². The molecule has 2 heterocycles. The number of aromatic nitrogens is 3. The van der Waals surface area contributed by atoms with E-state index in [1.54, 1.807) is 18.5 Å². The van der Waals surface area contributed by atoms with E-state index in [9.17, 15) is 0 Å². The summed E-state index contributed by atoms with van der Waals surface area (Å²) in [6.45, 7) is 2.28. The van der Waals surface area contributed by atoms with E-state index in [0.29, 0.717) is 24.2 Å². The smallest absolute Gasteiger partial charge is 0.225 e. The quantitative estimate of drug-likeness (QED) is 0.775. The third-order valence-corrected chi connectivity index (χ3v) is 1.74. The zero-order valence-corrected chi connectivity index (χ0v) is 8.27. The van der Waals surface area contributed by atoms with Crippen molar-refractivity contribution in [2.75, 3.05) is 11.1 Å². The Morgan fingerprint density at radius 3 is 3.00 bits per heavy atom. The van der Waals surface area contributed by atoms with Crippen LogP contribution < -0.4 is 11.1 Å². The molecule has 78 valence electrons. The lowest BCUT2D eigenvalue weighted by Gasteiger charge is -2.01. The van der Waals surface area contributed by atoms with Crippen molar-refractivity contribution in [3.8, 4) is 0 Å². The number of oxazole rings is 1. The maximum absolute atomic E-state index is 5.50. The lowest BCUT2D eigenvalue weighted by atomic mass is 10.6. The lowest BCUT2D eigenvalue weighted by molar-refractivity contribution is 0.478. The maximum atomic E-state index is 5.50. The minimum atomic E-state index is 0.427. The third-order valence-electron chi connectivity index (χ3n) is 1.74. The summed E-state index contributed by atoms with van der Waals surface area (Å²) in [5.41, 5.74) is 5.50. The first-order chi connectivity index (χ1) is 7.24. The first kappa shape index (κ1) is 9.45. The monoisotopic (exact) mass is 205 g/mol. The van der Waals surface area contributed by atoms with Crippen LogP contribution in [0.5, 0.6) is 0 Å². The Morgan fingerprint density at radius 1 is 1.47 bits per heavy atom. The molecule has 2 aromatic heterocycles. The molecule has 6 nitrogen and oxygen atoms in total. The predicted octanol–water partition coefficient (Wildman–Crippen LogP) is 0.967. The van der Waals surface area contributed by atoms with Crippen molar-refractivity contribution in [2.24, 2.45) is 0 Å². The average Bonchev–Trinajstić information content (AvgIpc) is 2.62. The molecular formula is C9H11N5O. The second kappa shape index (κ2) is 3.95. The van der Waals surface area contributed by atoms with Crippen LogP contribution in [0, 0.1) is 6.92 Å². The van der Waals surface area contributed by atoms with Gasteiger partial charge >= 0.3 is 0 Å². The van der Waals surface area contributed by atoms with Gasteiger partial charge in [-0.15, -0.1) is 0 Å². The molecule has 0 saturated carbocycles. The van der Waals surface area contributed by atoms with Gasteiger partial charge in [0.05, 0.1) is 12.7 Å². The van der Waals surface area contributed by atoms with Gasteiger partial charge in [-0.05, 0) is 13.0 Å². The molecule has 6 heteroatoms. The number of rotatable bonds is 3. The minimum absolute atomic E-state index is 0.427. The molecule has 0 fully saturated rings. The van der Waals surface area contributed by atoms with Crippen molar-refractivity contribution in [3.05, 3.63) is 30.1 Å². The van der Waals surface area contributed by atoms with E-state index in [2.05, 4.69) is 20.3 Å². The summed E-state index contributed by atoms with van der Waals surface area (Å²) >= 11 is 0. The number of hydrogen-bond acceptors (Lipinski definition) is 6. The van der Waals surface area contributed by atoms with Crippen LogP contribution in [0.4, 0.5) is 11.8 Å². The van der Waals surface area contributed by atoms with Crippen LogP contribution in [0.1, 0.15) is 11.7 Å². The Labute approximate surface area is 86.6 Å². The molecule has 0 aliphatic rings. The zero-order chi connectivity index (χ0) is 10.7. The second-order valence-electron chi connectivity index (χ2n) is 3.02. The Hall–Kier alpha value is -2.11. The molecule has 0 aliphatic heterocycles. The SMILES string of the molecule is Cc1cnc(CNc2nccc(N)n2)o1. The highest BCUT2D eigenvalue weighted by atomic mass is 16.4. The molecule has 0 bridgehead atoms. The first-order valence-electron chi connectivity index (χ1n) is 4.48. The highest BCUT2D eigenvalue weighted by Gasteiger charge is 2.01. The molecule has 0 spiro atoms. The van der Waals surface area contributed by atoms with E-state index in [1.807, 2.05) is 6.92 Å². The summed E-state index contributed by atoms with van der Waals surface area (Å²) in [6.07, 6.45) is 3.25. The van der Waals surface area contributed by atoms with Gasteiger partial charge in [0.15, 0.2) is 0 Å². The summed E-state index contributed by atoms with van der Waals surface area (Å²) in [5.74, 6) is 2.26. The van der Waals surface area contributed by atoms with Crippen molar-refractivity contribution < 1.29 is 4.42 Å². The number of aryl methyl sites for hydroxylation is 1. The van der Waals surface area contributed by atoms with Crippen LogP contribution in [-0.4, -0.2) is 15.0 Å². The fourth-order valence-corrected chi connectivity index (χ4v) is 1.10. The van der Waals surface area contributed by atoms with Gasteiger partial charge in [0, 0.05) is 6.20 Å². The molecule has 0 radical (unpaired) electrons. The van der Waals surface area contributed by atoms with Crippen molar-refractivity contribution >= 4 is 11.8 Å². The van der Waals surface area contributed by atoms with E-state index >= 15 is 0 Å². The average molecular weight is 205 g/mol. The van der Waals surface area contributed by atoms with E-state index in [0.717, 1.165) is 5.76 Å². The molecule has 0 unspecified atom stereocenters. The van der Waals surface area contributed by atoms with Gasteiger partial charge in [-0.25, -0.2) is 9.97 Å². The normalized spacial score (nSPS) is 10.2. The topological polar surface area (TPSA) is 89.9 Å². The summed E-state index contributed by atoms with van der Waals surface area (Å²) in [4.78, 5) is 12.0. The molecule has 2 aromatic rings. The lowest BCUT2D eigenvalue weighted by Crippen LogP contribution is -2.04. The minimum Gasteiger partial charge on any atom is -0.444 e. The van der Waals surface area contributed by atoms with Crippen LogP contribution in [0.2, 0.25) is 0 Å². The highest BCUT2D eigenvalue weighted by Crippen LogP contribution is 2.05. The Kier molecular flexibility index (Phi) is 2.49. The molecule has 0 aliphatic carbocycles. The molecule has 3 N–H and O–H groups in total. The Balaban J connectivity index is 1.99. The van der Waals surface area contributed by atoms with Crippen LogP contribution in [0.3, 0.4) is 0 Å². The second-order valence-corrected chi connectivity index (χ2v) is 3.02. The van der Waals surface area contributed by atoms with Gasteiger partial charge in [0.2, 0.25) is 11.8 Å². The maximum Gasteiger partial charge on any atom is 0.225 e. The number of hydrogen-bond donors (Lipinski definition) is 2. The molecule has 0 atom stereocenters. The van der Waals surface area contributed by atoms with Gasteiger partial charge in [0.1, 0.15) is 11.6 Å². The van der Waals surface area contributed by atoms with Gasteiger partial charge in [-0.3, -0.25) is 0 Å². The number of anilines is 2. The number of nitrogens with two attached hydrogens (primary N) is 1. The van der Waals surface area contributed by atoms with Crippen LogP contribution in [0.15, 0.2) is 22.9 Å². The van der Waals surface area contributed by atoms with Crippen LogP contribution in [-0.2, 0) is 6.54 Å². The number of nitrogen functional groups attached to an aromatic ring is 1. The molecule has 0 aromatic carbocycles. The fourth-order valence-electron chi connectivity index (χ4n) is 1.10. The van der Waals surface area contributed by atoms with Gasteiger partial charge in [0.25, 0.3) is 0 Å². The fraction of sp³-hybridized carbons (Fsp3) is 0.222. The van der Waals surface area contributed by atoms with Crippen LogP contribution >= 0.6 is 0 Å². The Morgan fingerprint density at radius 2 is 2.33 bits per heavy atom. The summed E-state index contributed by atoms with van der Waals surface area (Å²) in [5, 5.41) is 2.96. The number of nitrogens with one attached hydrogen (secondary N) is 1.